The summed E-state index contributed by atoms with van der Waals surface area (Å²) in [6.45, 7) is 7.22. The van der Waals surface area contributed by atoms with Crippen LogP contribution in [0.1, 0.15) is 36.6 Å². The molecule has 2 N–H and O–H groups in total. The molecule has 4 rings (SSSR count). The number of hydrogen-bond acceptors (Lipinski definition) is 7. The highest BCUT2D eigenvalue weighted by molar-refractivity contribution is 5.49. The van der Waals surface area contributed by atoms with E-state index in [0.29, 0.717) is 12.4 Å². The van der Waals surface area contributed by atoms with Crippen LogP contribution in [0.2, 0.25) is 0 Å². The number of nitrogens with zero attached hydrogens (tertiary/aromatic N) is 4. The van der Waals surface area contributed by atoms with Crippen molar-refractivity contribution in [2.75, 3.05) is 44.0 Å². The van der Waals surface area contributed by atoms with Gasteiger partial charge in [-0.05, 0) is 43.9 Å². The molecule has 0 spiro atoms. The van der Waals surface area contributed by atoms with Gasteiger partial charge < -0.3 is 20.1 Å². The molecule has 0 amide bonds. The molecule has 0 saturated carbocycles. The van der Waals surface area contributed by atoms with E-state index in [1.165, 1.54) is 18.4 Å². The van der Waals surface area contributed by atoms with Crippen molar-refractivity contribution in [2.45, 2.75) is 39.3 Å². The summed E-state index contributed by atoms with van der Waals surface area (Å²) >= 11 is 0. The molecule has 1 saturated heterocycles. The van der Waals surface area contributed by atoms with Crippen LogP contribution in [-0.2, 0) is 19.5 Å². The fraction of sp³-hybridized carbons (Fsp3) is 0.524. The number of rotatable bonds is 6. The standard InChI is InChI=1S/C21H29N5O2/c1-3-28-19-12-15(6-7-18(19)27-2)13-25-11-8-16-17(14-25)23-21(24-20(16)22)26-9-4-5-10-26/h6-7,12H,3-5,8-11,13-14H2,1-2H3,(H2,22,23,24). The molecule has 150 valence electrons. The van der Waals surface area contributed by atoms with E-state index in [9.17, 15) is 0 Å². The molecule has 1 aromatic carbocycles. The third-order valence-corrected chi connectivity index (χ3v) is 5.49. The molecule has 0 bridgehead atoms. The van der Waals surface area contributed by atoms with Crippen LogP contribution >= 0.6 is 0 Å². The van der Waals surface area contributed by atoms with Gasteiger partial charge in [-0.15, -0.1) is 0 Å². The lowest BCUT2D eigenvalue weighted by Crippen LogP contribution is -2.32. The number of methoxy groups -OCH3 is 1. The number of ether oxygens (including phenoxy) is 2. The number of nitrogen functional groups attached to an aromatic ring is 1. The van der Waals surface area contributed by atoms with E-state index in [1.54, 1.807) is 7.11 Å². The van der Waals surface area contributed by atoms with Crippen LogP contribution in [0, 0.1) is 0 Å². The third kappa shape index (κ3) is 3.85. The normalized spacial score (nSPS) is 16.9. The Morgan fingerprint density at radius 1 is 1.11 bits per heavy atom. The van der Waals surface area contributed by atoms with Crippen molar-refractivity contribution in [1.29, 1.82) is 0 Å². The molecule has 0 atom stereocenters. The first-order valence-electron chi connectivity index (χ1n) is 10.1. The summed E-state index contributed by atoms with van der Waals surface area (Å²) in [6, 6.07) is 6.15. The van der Waals surface area contributed by atoms with Crippen molar-refractivity contribution in [1.82, 2.24) is 14.9 Å². The molecular formula is C21H29N5O2. The zero-order chi connectivity index (χ0) is 19.5. The highest BCUT2D eigenvalue weighted by Gasteiger charge is 2.24. The molecule has 2 aliphatic heterocycles. The Labute approximate surface area is 166 Å². The fourth-order valence-corrected chi connectivity index (χ4v) is 4.04. The first-order chi connectivity index (χ1) is 13.7. The highest BCUT2D eigenvalue weighted by atomic mass is 16.5. The maximum atomic E-state index is 6.27. The molecule has 2 aromatic rings. The first kappa shape index (κ1) is 18.8. The highest BCUT2D eigenvalue weighted by Crippen LogP contribution is 2.30. The Morgan fingerprint density at radius 2 is 1.93 bits per heavy atom. The SMILES string of the molecule is CCOc1cc(CN2CCc3c(N)nc(N4CCCC4)nc3C2)ccc1OC. The minimum absolute atomic E-state index is 0.617. The van der Waals surface area contributed by atoms with Crippen LogP contribution < -0.4 is 20.1 Å². The molecule has 0 aliphatic carbocycles. The second-order valence-corrected chi connectivity index (χ2v) is 7.41. The lowest BCUT2D eigenvalue weighted by molar-refractivity contribution is 0.240. The van der Waals surface area contributed by atoms with Crippen LogP contribution in [0.25, 0.3) is 0 Å². The molecule has 0 unspecified atom stereocenters. The summed E-state index contributed by atoms with van der Waals surface area (Å²) < 4.78 is 11.1. The Balaban J connectivity index is 1.51. The monoisotopic (exact) mass is 383 g/mol. The van der Waals surface area contributed by atoms with Crippen molar-refractivity contribution in [3.05, 3.63) is 35.0 Å². The minimum atomic E-state index is 0.617. The Morgan fingerprint density at radius 3 is 2.68 bits per heavy atom. The molecule has 3 heterocycles. The summed E-state index contributed by atoms with van der Waals surface area (Å²) in [7, 11) is 1.67. The van der Waals surface area contributed by atoms with Crippen molar-refractivity contribution >= 4 is 11.8 Å². The van der Waals surface area contributed by atoms with Crippen molar-refractivity contribution in [2.24, 2.45) is 0 Å². The second kappa shape index (κ2) is 8.22. The zero-order valence-corrected chi connectivity index (χ0v) is 16.8. The van der Waals surface area contributed by atoms with Crippen LogP contribution in [0.3, 0.4) is 0 Å². The average molecular weight is 383 g/mol. The van der Waals surface area contributed by atoms with Crippen LogP contribution in [0.5, 0.6) is 11.5 Å². The molecular weight excluding hydrogens is 354 g/mol. The van der Waals surface area contributed by atoms with E-state index in [2.05, 4.69) is 26.9 Å². The summed E-state index contributed by atoms with van der Waals surface area (Å²) in [5.74, 6) is 3.00. The van der Waals surface area contributed by atoms with Gasteiger partial charge in [-0.3, -0.25) is 4.90 Å². The molecule has 7 heteroatoms. The molecule has 2 aliphatic rings. The fourth-order valence-electron chi connectivity index (χ4n) is 4.04. The Kier molecular flexibility index (Phi) is 5.52. The van der Waals surface area contributed by atoms with E-state index in [1.807, 2.05) is 13.0 Å². The molecule has 0 radical (unpaired) electrons. The summed E-state index contributed by atoms with van der Waals surface area (Å²) in [5.41, 5.74) is 9.65. The third-order valence-electron chi connectivity index (χ3n) is 5.49. The van der Waals surface area contributed by atoms with Gasteiger partial charge in [-0.2, -0.15) is 4.98 Å². The van der Waals surface area contributed by atoms with E-state index in [-0.39, 0.29) is 0 Å². The maximum Gasteiger partial charge on any atom is 0.227 e. The average Bonchev–Trinajstić information content (AvgIpc) is 3.23. The van der Waals surface area contributed by atoms with Crippen LogP contribution in [0.15, 0.2) is 18.2 Å². The summed E-state index contributed by atoms with van der Waals surface area (Å²) in [5, 5.41) is 0. The number of nitrogens with two attached hydrogens (primary N) is 1. The van der Waals surface area contributed by atoms with Gasteiger partial charge in [0.15, 0.2) is 11.5 Å². The van der Waals surface area contributed by atoms with Gasteiger partial charge in [0.1, 0.15) is 5.82 Å². The van der Waals surface area contributed by atoms with Gasteiger partial charge in [0.25, 0.3) is 0 Å². The smallest absolute Gasteiger partial charge is 0.227 e. The minimum Gasteiger partial charge on any atom is -0.493 e. The number of aromatic nitrogens is 2. The largest absolute Gasteiger partial charge is 0.493 e. The molecule has 7 nitrogen and oxygen atoms in total. The van der Waals surface area contributed by atoms with Gasteiger partial charge in [-0.1, -0.05) is 6.07 Å². The van der Waals surface area contributed by atoms with E-state index in [0.717, 1.165) is 67.8 Å². The lowest BCUT2D eigenvalue weighted by atomic mass is 10.0. The van der Waals surface area contributed by atoms with Gasteiger partial charge >= 0.3 is 0 Å². The summed E-state index contributed by atoms with van der Waals surface area (Å²) in [4.78, 5) is 14.1. The number of anilines is 2. The van der Waals surface area contributed by atoms with Gasteiger partial charge in [0, 0.05) is 38.3 Å². The van der Waals surface area contributed by atoms with E-state index >= 15 is 0 Å². The topological polar surface area (TPSA) is 76.7 Å². The predicted octanol–water partition coefficient (Wildman–Crippen LogP) is 2.62. The Hall–Kier alpha value is -2.54. The second-order valence-electron chi connectivity index (χ2n) is 7.41. The van der Waals surface area contributed by atoms with Crippen molar-refractivity contribution in [3.63, 3.8) is 0 Å². The van der Waals surface area contributed by atoms with E-state index in [4.69, 9.17) is 20.2 Å². The molecule has 28 heavy (non-hydrogen) atoms. The van der Waals surface area contributed by atoms with Gasteiger partial charge in [0.05, 0.1) is 19.4 Å². The summed E-state index contributed by atoms with van der Waals surface area (Å²) in [6.07, 6.45) is 3.29. The van der Waals surface area contributed by atoms with Crippen LogP contribution in [-0.4, -0.2) is 48.2 Å². The zero-order valence-electron chi connectivity index (χ0n) is 16.8. The maximum absolute atomic E-state index is 6.27. The van der Waals surface area contributed by atoms with Crippen molar-refractivity contribution < 1.29 is 9.47 Å². The predicted molar refractivity (Wildman–Crippen MR) is 110 cm³/mol. The quantitative estimate of drug-likeness (QED) is 0.822. The Bertz CT molecular complexity index is 836. The molecule has 1 aromatic heterocycles. The van der Waals surface area contributed by atoms with E-state index < -0.39 is 0 Å². The van der Waals surface area contributed by atoms with Gasteiger partial charge in [-0.25, -0.2) is 4.98 Å². The number of fused-ring (bicyclic) bond motifs is 1. The molecule has 1 fully saturated rings. The first-order valence-corrected chi connectivity index (χ1v) is 10.1. The lowest BCUT2D eigenvalue weighted by Gasteiger charge is -2.29. The number of hydrogen-bond donors (Lipinski definition) is 1. The number of benzene rings is 1. The van der Waals surface area contributed by atoms with Crippen molar-refractivity contribution in [3.8, 4) is 11.5 Å². The van der Waals surface area contributed by atoms with Crippen LogP contribution in [0.4, 0.5) is 11.8 Å². The van der Waals surface area contributed by atoms with Gasteiger partial charge in [0.2, 0.25) is 5.95 Å².